The van der Waals surface area contributed by atoms with Gasteiger partial charge in [-0.3, -0.25) is 4.79 Å². The minimum absolute atomic E-state index is 0.168. The molecule has 0 radical (unpaired) electrons. The number of rotatable bonds is 6. The Labute approximate surface area is 211 Å². The van der Waals surface area contributed by atoms with Crippen molar-refractivity contribution in [2.75, 3.05) is 23.7 Å². The van der Waals surface area contributed by atoms with E-state index in [0.717, 1.165) is 22.7 Å². The first-order valence-corrected chi connectivity index (χ1v) is 12.9. The van der Waals surface area contributed by atoms with Crippen LogP contribution in [0.25, 0.3) is 10.8 Å². The molecule has 184 valence electrons. The number of nitrogens with one attached hydrogen (secondary N) is 3. The van der Waals surface area contributed by atoms with Crippen molar-refractivity contribution in [1.82, 2.24) is 19.9 Å². The van der Waals surface area contributed by atoms with Crippen molar-refractivity contribution in [3.05, 3.63) is 81.9 Å². The van der Waals surface area contributed by atoms with Gasteiger partial charge in [0.2, 0.25) is 0 Å². The number of likely N-dealkylation sites (tertiary alicyclic amines) is 1. The summed E-state index contributed by atoms with van der Waals surface area (Å²) in [4.78, 5) is 27.3. The average Bonchev–Trinajstić information content (AvgIpc) is 3.70. The second kappa shape index (κ2) is 9.39. The average molecular weight is 481 g/mol. The van der Waals surface area contributed by atoms with Gasteiger partial charge in [-0.2, -0.15) is 0 Å². The molecule has 0 unspecified atom stereocenters. The van der Waals surface area contributed by atoms with Crippen LogP contribution < -0.4 is 16.2 Å². The van der Waals surface area contributed by atoms with Gasteiger partial charge in [0.25, 0.3) is 5.56 Å². The molecule has 6 rings (SSSR count). The molecule has 0 spiro atoms. The number of H-pyrrole nitrogens is 1. The van der Waals surface area contributed by atoms with Gasteiger partial charge in [0.05, 0.1) is 5.39 Å². The van der Waals surface area contributed by atoms with Crippen LogP contribution in [0.1, 0.15) is 48.3 Å². The van der Waals surface area contributed by atoms with Crippen molar-refractivity contribution in [2.45, 2.75) is 51.5 Å². The zero-order chi connectivity index (χ0) is 24.6. The van der Waals surface area contributed by atoms with E-state index in [4.69, 9.17) is 4.98 Å². The summed E-state index contributed by atoms with van der Waals surface area (Å²) in [6.45, 7) is 6.63. The van der Waals surface area contributed by atoms with Crippen molar-refractivity contribution < 1.29 is 0 Å². The van der Waals surface area contributed by atoms with Crippen molar-refractivity contribution in [1.29, 1.82) is 0 Å². The van der Waals surface area contributed by atoms with Gasteiger partial charge in [0.15, 0.2) is 0 Å². The van der Waals surface area contributed by atoms with E-state index < -0.39 is 0 Å². The number of piperidine rings is 1. The predicted octanol–water partition coefficient (Wildman–Crippen LogP) is 5.76. The molecule has 3 N–H and O–H groups in total. The number of fused-ring (bicyclic) bond motifs is 1. The number of hydrogen-bond acceptors (Lipinski definition) is 6. The molecule has 2 fully saturated rings. The van der Waals surface area contributed by atoms with Crippen LogP contribution in [0.2, 0.25) is 0 Å². The number of aromatic nitrogens is 3. The van der Waals surface area contributed by atoms with Crippen LogP contribution in [0.15, 0.2) is 59.7 Å². The Balaban J connectivity index is 1.27. The summed E-state index contributed by atoms with van der Waals surface area (Å²) in [5.41, 5.74) is 4.58. The number of anilines is 4. The molecule has 1 aromatic carbocycles. The molecule has 0 atom stereocenters. The fraction of sp³-hybridized carbons (Fsp3) is 0.345. The summed E-state index contributed by atoms with van der Waals surface area (Å²) >= 11 is 0. The lowest BCUT2D eigenvalue weighted by Crippen LogP contribution is -2.34. The van der Waals surface area contributed by atoms with Crippen LogP contribution in [0.3, 0.4) is 0 Å². The number of hydrogen-bond donors (Lipinski definition) is 3. The van der Waals surface area contributed by atoms with Crippen molar-refractivity contribution in [3.63, 3.8) is 0 Å². The summed E-state index contributed by atoms with van der Waals surface area (Å²) in [7, 11) is 0. The molecule has 7 nitrogen and oxygen atoms in total. The van der Waals surface area contributed by atoms with Gasteiger partial charge in [0.1, 0.15) is 17.5 Å². The molecular weight excluding hydrogens is 448 g/mol. The highest BCUT2D eigenvalue weighted by Gasteiger charge is 2.32. The first kappa shape index (κ1) is 22.7. The van der Waals surface area contributed by atoms with Crippen LogP contribution in [-0.2, 0) is 0 Å². The lowest BCUT2D eigenvalue weighted by atomic mass is 9.86. The first-order chi connectivity index (χ1) is 17.5. The smallest absolute Gasteiger partial charge is 0.259 e. The van der Waals surface area contributed by atoms with Crippen LogP contribution in [0.4, 0.5) is 23.1 Å². The summed E-state index contributed by atoms with van der Waals surface area (Å²) < 4.78 is 0. The quantitative estimate of drug-likeness (QED) is 0.325. The molecule has 0 bridgehead atoms. The van der Waals surface area contributed by atoms with Gasteiger partial charge in [-0.05, 0) is 117 Å². The summed E-state index contributed by atoms with van der Waals surface area (Å²) in [6, 6.07) is 15.1. The van der Waals surface area contributed by atoms with Gasteiger partial charge in [-0.1, -0.05) is 6.07 Å². The van der Waals surface area contributed by atoms with E-state index >= 15 is 0 Å². The summed E-state index contributed by atoms with van der Waals surface area (Å²) in [6.07, 6.45) is 8.65. The fourth-order valence-corrected chi connectivity index (χ4v) is 5.47. The van der Waals surface area contributed by atoms with Gasteiger partial charge >= 0.3 is 0 Å². The van der Waals surface area contributed by atoms with E-state index in [9.17, 15) is 4.79 Å². The molecule has 4 aromatic rings. The number of aryl methyl sites for hydroxylation is 2. The first-order valence-electron chi connectivity index (χ1n) is 12.9. The third-order valence-electron chi connectivity index (χ3n) is 7.49. The van der Waals surface area contributed by atoms with Crippen LogP contribution in [0.5, 0.6) is 0 Å². The largest absolute Gasteiger partial charge is 0.339 e. The highest BCUT2D eigenvalue weighted by Crippen LogP contribution is 2.36. The molecule has 2 aliphatic rings. The number of pyridine rings is 3. The number of nitrogens with zero attached hydrogens (tertiary/aromatic N) is 3. The second-order valence-electron chi connectivity index (χ2n) is 10.2. The predicted molar refractivity (Wildman–Crippen MR) is 146 cm³/mol. The van der Waals surface area contributed by atoms with E-state index in [0.29, 0.717) is 28.8 Å². The number of benzene rings is 1. The molecule has 1 saturated carbocycles. The summed E-state index contributed by atoms with van der Waals surface area (Å²) in [5.74, 6) is 2.48. The van der Waals surface area contributed by atoms with Crippen molar-refractivity contribution in [2.24, 2.45) is 0 Å². The van der Waals surface area contributed by atoms with Gasteiger partial charge in [0, 0.05) is 24.1 Å². The SMILES string of the molecule is Cc1ccnc(Nc2cc3cc[nH]c(=O)c3c(Nc3ccc(C4CCN(C5CC5)CC4)c(C)c3)n2)c1. The van der Waals surface area contributed by atoms with Crippen molar-refractivity contribution >= 4 is 33.9 Å². The topological polar surface area (TPSA) is 85.9 Å². The molecular formula is C29H32N6O. The van der Waals surface area contributed by atoms with E-state index in [1.807, 2.05) is 31.2 Å². The van der Waals surface area contributed by atoms with E-state index in [2.05, 4.69) is 50.6 Å². The van der Waals surface area contributed by atoms with E-state index in [1.54, 1.807) is 12.4 Å². The highest BCUT2D eigenvalue weighted by atomic mass is 16.1. The lowest BCUT2D eigenvalue weighted by molar-refractivity contribution is 0.203. The molecule has 4 heterocycles. The van der Waals surface area contributed by atoms with Gasteiger partial charge in [-0.25, -0.2) is 9.97 Å². The van der Waals surface area contributed by atoms with Gasteiger partial charge in [-0.15, -0.1) is 0 Å². The second-order valence-corrected chi connectivity index (χ2v) is 10.2. The Bertz CT molecular complexity index is 1470. The van der Waals surface area contributed by atoms with E-state index in [-0.39, 0.29) is 5.56 Å². The third kappa shape index (κ3) is 4.71. The molecule has 0 amide bonds. The Morgan fingerprint density at radius 3 is 2.53 bits per heavy atom. The fourth-order valence-electron chi connectivity index (χ4n) is 5.47. The maximum absolute atomic E-state index is 12.7. The Morgan fingerprint density at radius 1 is 0.944 bits per heavy atom. The van der Waals surface area contributed by atoms with Crippen LogP contribution in [-0.4, -0.2) is 39.0 Å². The zero-order valence-corrected chi connectivity index (χ0v) is 20.8. The van der Waals surface area contributed by atoms with Crippen molar-refractivity contribution in [3.8, 4) is 0 Å². The normalized spacial score (nSPS) is 16.8. The molecule has 3 aromatic heterocycles. The maximum Gasteiger partial charge on any atom is 0.259 e. The lowest BCUT2D eigenvalue weighted by Gasteiger charge is -2.33. The molecule has 36 heavy (non-hydrogen) atoms. The van der Waals surface area contributed by atoms with Gasteiger partial charge < -0.3 is 20.5 Å². The molecule has 1 aliphatic heterocycles. The maximum atomic E-state index is 12.7. The third-order valence-corrected chi connectivity index (χ3v) is 7.49. The van der Waals surface area contributed by atoms with Crippen LogP contribution in [0, 0.1) is 13.8 Å². The highest BCUT2D eigenvalue weighted by molar-refractivity contribution is 5.94. The Morgan fingerprint density at radius 2 is 1.78 bits per heavy atom. The monoisotopic (exact) mass is 480 g/mol. The Hall–Kier alpha value is -3.71. The molecule has 7 heteroatoms. The molecule has 1 saturated heterocycles. The minimum atomic E-state index is -0.168. The molecule has 1 aliphatic carbocycles. The van der Waals surface area contributed by atoms with Crippen LogP contribution >= 0.6 is 0 Å². The standard InChI is InChI=1S/C29H32N6O/c1-18-7-11-30-25(15-18)33-26-17-21-8-12-31-29(36)27(21)28(34-26)32-22-3-6-24(19(2)16-22)20-9-13-35(14-10-20)23-4-5-23/h3,6-8,11-12,15-17,20,23H,4-5,9-10,13-14H2,1-2H3,(H,31,36)(H2,30,32,33,34). The number of aromatic amines is 1. The Kier molecular flexibility index (Phi) is 5.93. The summed E-state index contributed by atoms with van der Waals surface area (Å²) in [5, 5.41) is 8.05. The zero-order valence-electron chi connectivity index (χ0n) is 20.8. The minimum Gasteiger partial charge on any atom is -0.339 e. The van der Waals surface area contributed by atoms with E-state index in [1.165, 1.54) is 49.9 Å².